The first-order valence-corrected chi connectivity index (χ1v) is 10.0. The molecule has 0 bridgehead atoms. The van der Waals surface area contributed by atoms with Crippen molar-refractivity contribution in [3.63, 3.8) is 0 Å². The SMILES string of the molecule is CCC1CCC(CCC2CCC3CC(O)C(F)C(F)C3C2)CC1. The van der Waals surface area contributed by atoms with Crippen LogP contribution in [0.15, 0.2) is 0 Å². The lowest BCUT2D eigenvalue weighted by Gasteiger charge is -2.44. The number of fused-ring (bicyclic) bond motifs is 1. The smallest absolute Gasteiger partial charge is 0.157 e. The molecular formula is C20H34F2O. The maximum atomic E-state index is 14.3. The minimum atomic E-state index is -1.65. The Morgan fingerprint density at radius 3 is 2.09 bits per heavy atom. The fraction of sp³-hybridized carbons (Fsp3) is 1.00. The molecule has 0 saturated heterocycles. The van der Waals surface area contributed by atoms with Gasteiger partial charge in [-0.1, -0.05) is 58.3 Å². The van der Waals surface area contributed by atoms with Crippen LogP contribution in [0.4, 0.5) is 8.78 Å². The molecule has 0 spiro atoms. The molecule has 3 rings (SSSR count). The van der Waals surface area contributed by atoms with Crippen LogP contribution in [-0.4, -0.2) is 23.6 Å². The van der Waals surface area contributed by atoms with E-state index in [1.54, 1.807) is 0 Å². The maximum absolute atomic E-state index is 14.3. The van der Waals surface area contributed by atoms with Gasteiger partial charge in [-0.15, -0.1) is 0 Å². The van der Waals surface area contributed by atoms with Crippen LogP contribution in [0.25, 0.3) is 0 Å². The predicted octanol–water partition coefficient (Wildman–Crippen LogP) is 5.46. The third-order valence-electron chi connectivity index (χ3n) is 7.31. The highest BCUT2D eigenvalue weighted by Gasteiger charge is 2.47. The molecule has 0 aromatic carbocycles. The summed E-state index contributed by atoms with van der Waals surface area (Å²) in [5, 5.41) is 9.65. The molecule has 23 heavy (non-hydrogen) atoms. The summed E-state index contributed by atoms with van der Waals surface area (Å²) in [5.41, 5.74) is 0. The van der Waals surface area contributed by atoms with Gasteiger partial charge in [-0.2, -0.15) is 0 Å². The molecule has 3 saturated carbocycles. The second-order valence-corrected chi connectivity index (χ2v) is 8.67. The molecule has 0 amide bonds. The van der Waals surface area contributed by atoms with Gasteiger partial charge in [0.05, 0.1) is 6.10 Å². The summed E-state index contributed by atoms with van der Waals surface area (Å²) in [5.74, 6) is 2.48. The van der Waals surface area contributed by atoms with Crippen molar-refractivity contribution >= 4 is 0 Å². The van der Waals surface area contributed by atoms with Crippen molar-refractivity contribution in [1.82, 2.24) is 0 Å². The quantitative estimate of drug-likeness (QED) is 0.727. The second kappa shape index (κ2) is 7.80. The highest BCUT2D eigenvalue weighted by Crippen LogP contribution is 2.46. The van der Waals surface area contributed by atoms with Crippen LogP contribution in [0.2, 0.25) is 0 Å². The first-order valence-electron chi connectivity index (χ1n) is 10.0. The third-order valence-corrected chi connectivity index (χ3v) is 7.31. The average molecular weight is 328 g/mol. The average Bonchev–Trinajstić information content (AvgIpc) is 2.59. The molecule has 3 aliphatic rings. The van der Waals surface area contributed by atoms with Crippen LogP contribution < -0.4 is 0 Å². The summed E-state index contributed by atoms with van der Waals surface area (Å²) in [4.78, 5) is 0. The molecule has 3 aliphatic carbocycles. The normalized spacial score (nSPS) is 48.0. The summed E-state index contributed by atoms with van der Waals surface area (Å²) >= 11 is 0. The fourth-order valence-corrected chi connectivity index (χ4v) is 5.59. The maximum Gasteiger partial charge on any atom is 0.157 e. The largest absolute Gasteiger partial charge is 0.390 e. The molecule has 0 heterocycles. The molecule has 1 nitrogen and oxygen atoms in total. The summed E-state index contributed by atoms with van der Waals surface area (Å²) in [6, 6.07) is 0. The highest BCUT2D eigenvalue weighted by molar-refractivity contribution is 4.96. The minimum Gasteiger partial charge on any atom is -0.390 e. The van der Waals surface area contributed by atoms with Crippen LogP contribution in [0, 0.1) is 29.6 Å². The van der Waals surface area contributed by atoms with E-state index in [1.165, 1.54) is 44.9 Å². The van der Waals surface area contributed by atoms with Crippen LogP contribution in [0.3, 0.4) is 0 Å². The Morgan fingerprint density at radius 1 is 0.783 bits per heavy atom. The Hall–Kier alpha value is -0.180. The minimum absolute atomic E-state index is 0.136. The van der Waals surface area contributed by atoms with Gasteiger partial charge in [0.1, 0.15) is 6.17 Å². The molecule has 3 fully saturated rings. The highest BCUT2D eigenvalue weighted by atomic mass is 19.2. The molecule has 0 radical (unpaired) electrons. The van der Waals surface area contributed by atoms with Gasteiger partial charge in [-0.3, -0.25) is 0 Å². The Balaban J connectivity index is 1.44. The molecule has 6 atom stereocenters. The van der Waals surface area contributed by atoms with Crippen molar-refractivity contribution in [2.75, 3.05) is 0 Å². The topological polar surface area (TPSA) is 20.2 Å². The van der Waals surface area contributed by atoms with Crippen molar-refractivity contribution in [3.8, 4) is 0 Å². The number of aliphatic hydroxyl groups excluding tert-OH is 1. The van der Waals surface area contributed by atoms with Crippen LogP contribution in [0.5, 0.6) is 0 Å². The van der Waals surface area contributed by atoms with E-state index in [2.05, 4.69) is 6.92 Å². The number of alkyl halides is 2. The zero-order valence-corrected chi connectivity index (χ0v) is 14.6. The molecule has 0 aromatic heterocycles. The van der Waals surface area contributed by atoms with Gasteiger partial charge in [-0.05, 0) is 48.9 Å². The van der Waals surface area contributed by atoms with Gasteiger partial charge in [0.2, 0.25) is 0 Å². The van der Waals surface area contributed by atoms with Crippen molar-refractivity contribution in [3.05, 3.63) is 0 Å². The summed E-state index contributed by atoms with van der Waals surface area (Å²) in [7, 11) is 0. The van der Waals surface area contributed by atoms with E-state index in [4.69, 9.17) is 0 Å². The molecule has 3 heteroatoms. The van der Waals surface area contributed by atoms with Crippen LogP contribution in [0.1, 0.15) is 77.6 Å². The van der Waals surface area contributed by atoms with Crippen LogP contribution in [-0.2, 0) is 0 Å². The summed E-state index contributed by atoms with van der Waals surface area (Å²) < 4.78 is 28.1. The number of aliphatic hydroxyl groups is 1. The lowest BCUT2D eigenvalue weighted by molar-refractivity contribution is -0.0809. The lowest BCUT2D eigenvalue weighted by Crippen LogP contribution is -2.48. The Labute approximate surface area is 140 Å². The summed E-state index contributed by atoms with van der Waals surface area (Å²) in [6.45, 7) is 2.30. The summed E-state index contributed by atoms with van der Waals surface area (Å²) in [6.07, 6.45) is 8.66. The van der Waals surface area contributed by atoms with E-state index < -0.39 is 18.4 Å². The van der Waals surface area contributed by atoms with Crippen molar-refractivity contribution in [2.24, 2.45) is 29.6 Å². The first kappa shape index (κ1) is 17.6. The van der Waals surface area contributed by atoms with E-state index in [-0.39, 0.29) is 11.8 Å². The number of halogens is 2. The molecule has 1 N–H and O–H groups in total. The molecule has 6 unspecified atom stereocenters. The third kappa shape index (κ3) is 4.08. The monoisotopic (exact) mass is 328 g/mol. The van der Waals surface area contributed by atoms with Gasteiger partial charge >= 0.3 is 0 Å². The van der Waals surface area contributed by atoms with Gasteiger partial charge in [-0.25, -0.2) is 8.78 Å². The second-order valence-electron chi connectivity index (χ2n) is 8.67. The number of rotatable bonds is 4. The van der Waals surface area contributed by atoms with E-state index in [9.17, 15) is 13.9 Å². The van der Waals surface area contributed by atoms with Gasteiger partial charge in [0.25, 0.3) is 0 Å². The number of hydrogen-bond acceptors (Lipinski definition) is 1. The molecule has 0 aliphatic heterocycles. The molecule has 134 valence electrons. The molecule has 0 aromatic rings. The lowest BCUT2D eigenvalue weighted by atomic mass is 9.64. The zero-order chi connectivity index (χ0) is 16.4. The fourth-order valence-electron chi connectivity index (χ4n) is 5.59. The Bertz CT molecular complexity index is 365. The number of hydrogen-bond donors (Lipinski definition) is 1. The predicted molar refractivity (Wildman–Crippen MR) is 89.7 cm³/mol. The van der Waals surface area contributed by atoms with E-state index in [1.807, 2.05) is 0 Å². The van der Waals surface area contributed by atoms with Gasteiger partial charge in [0.15, 0.2) is 6.17 Å². The van der Waals surface area contributed by atoms with Gasteiger partial charge in [0, 0.05) is 0 Å². The molecular weight excluding hydrogens is 294 g/mol. The Kier molecular flexibility index (Phi) is 5.98. The van der Waals surface area contributed by atoms with Crippen molar-refractivity contribution in [2.45, 2.75) is 96.0 Å². The Morgan fingerprint density at radius 2 is 1.39 bits per heavy atom. The van der Waals surface area contributed by atoms with E-state index >= 15 is 0 Å². The first-order chi connectivity index (χ1) is 11.1. The van der Waals surface area contributed by atoms with Crippen LogP contribution >= 0.6 is 0 Å². The van der Waals surface area contributed by atoms with Gasteiger partial charge < -0.3 is 5.11 Å². The van der Waals surface area contributed by atoms with E-state index in [0.717, 1.165) is 31.1 Å². The van der Waals surface area contributed by atoms with E-state index in [0.29, 0.717) is 12.3 Å². The van der Waals surface area contributed by atoms with Crippen molar-refractivity contribution < 1.29 is 13.9 Å². The van der Waals surface area contributed by atoms with Crippen molar-refractivity contribution in [1.29, 1.82) is 0 Å². The standard InChI is InChI=1S/C20H34F2O/c1-2-13-3-5-14(6-4-13)7-8-15-9-10-16-12-18(23)20(22)19(21)17(16)11-15/h13-20,23H,2-12H2,1H3. The zero-order valence-electron chi connectivity index (χ0n) is 14.6.